The van der Waals surface area contributed by atoms with Crippen LogP contribution in [-0.2, 0) is 0 Å². The summed E-state index contributed by atoms with van der Waals surface area (Å²) in [4.78, 5) is 6.30. The maximum atomic E-state index is 13.1. The lowest BCUT2D eigenvalue weighted by atomic mass is 10.0. The molecule has 0 aromatic carbocycles. The van der Waals surface area contributed by atoms with E-state index in [4.69, 9.17) is 0 Å². The SMILES string of the molecule is CC(NCC1CCCCN1C)c1cncc(F)c1. The van der Waals surface area contributed by atoms with E-state index in [2.05, 4.69) is 29.2 Å². The molecule has 2 heterocycles. The van der Waals surface area contributed by atoms with E-state index in [-0.39, 0.29) is 11.9 Å². The average molecular weight is 251 g/mol. The highest BCUT2D eigenvalue weighted by Gasteiger charge is 2.19. The third-order valence-corrected chi connectivity index (χ3v) is 3.81. The van der Waals surface area contributed by atoms with Gasteiger partial charge in [-0.3, -0.25) is 4.98 Å². The van der Waals surface area contributed by atoms with Crippen LogP contribution >= 0.6 is 0 Å². The Balaban J connectivity index is 1.86. The molecule has 0 spiro atoms. The highest BCUT2D eigenvalue weighted by atomic mass is 19.1. The summed E-state index contributed by atoms with van der Waals surface area (Å²) in [5.41, 5.74) is 0.911. The van der Waals surface area contributed by atoms with Gasteiger partial charge in [-0.2, -0.15) is 0 Å². The van der Waals surface area contributed by atoms with E-state index in [1.54, 1.807) is 12.3 Å². The van der Waals surface area contributed by atoms with Gasteiger partial charge in [-0.05, 0) is 45.0 Å². The van der Waals surface area contributed by atoms with E-state index in [1.807, 2.05) is 0 Å². The minimum Gasteiger partial charge on any atom is -0.309 e. The molecule has 2 unspecified atom stereocenters. The minimum absolute atomic E-state index is 0.142. The molecule has 1 saturated heterocycles. The van der Waals surface area contributed by atoms with E-state index in [0.717, 1.165) is 12.1 Å². The van der Waals surface area contributed by atoms with Crippen LogP contribution in [0.3, 0.4) is 0 Å². The van der Waals surface area contributed by atoms with Gasteiger partial charge in [-0.15, -0.1) is 0 Å². The second-order valence-corrected chi connectivity index (χ2v) is 5.20. The molecule has 0 aliphatic carbocycles. The zero-order chi connectivity index (χ0) is 13.0. The lowest BCUT2D eigenvalue weighted by molar-refractivity contribution is 0.178. The summed E-state index contributed by atoms with van der Waals surface area (Å²) in [6, 6.07) is 2.29. The fraction of sp³-hybridized carbons (Fsp3) is 0.643. The summed E-state index contributed by atoms with van der Waals surface area (Å²) in [6.07, 6.45) is 6.83. The van der Waals surface area contributed by atoms with Crippen LogP contribution in [0.4, 0.5) is 4.39 Å². The Kier molecular flexibility index (Phi) is 4.66. The molecule has 1 fully saturated rings. The van der Waals surface area contributed by atoms with E-state index in [0.29, 0.717) is 6.04 Å². The van der Waals surface area contributed by atoms with Crippen molar-refractivity contribution in [2.24, 2.45) is 0 Å². The van der Waals surface area contributed by atoms with Crippen molar-refractivity contribution in [2.75, 3.05) is 20.1 Å². The Hall–Kier alpha value is -1.00. The average Bonchev–Trinajstić information content (AvgIpc) is 2.37. The largest absolute Gasteiger partial charge is 0.309 e. The van der Waals surface area contributed by atoms with Crippen LogP contribution in [0.25, 0.3) is 0 Å². The van der Waals surface area contributed by atoms with Crippen molar-refractivity contribution in [3.63, 3.8) is 0 Å². The molecule has 1 N–H and O–H groups in total. The van der Waals surface area contributed by atoms with Gasteiger partial charge in [0.2, 0.25) is 0 Å². The van der Waals surface area contributed by atoms with Crippen molar-refractivity contribution >= 4 is 0 Å². The summed E-state index contributed by atoms with van der Waals surface area (Å²) in [5.74, 6) is -0.268. The summed E-state index contributed by atoms with van der Waals surface area (Å²) in [7, 11) is 2.18. The Morgan fingerprint density at radius 3 is 3.06 bits per heavy atom. The molecule has 1 aromatic heterocycles. The number of halogens is 1. The Morgan fingerprint density at radius 2 is 2.33 bits per heavy atom. The first-order valence-corrected chi connectivity index (χ1v) is 6.71. The number of piperidine rings is 1. The van der Waals surface area contributed by atoms with Crippen molar-refractivity contribution < 1.29 is 4.39 Å². The molecular formula is C14H22FN3. The highest BCUT2D eigenvalue weighted by Crippen LogP contribution is 2.16. The zero-order valence-electron chi connectivity index (χ0n) is 11.2. The van der Waals surface area contributed by atoms with Crippen molar-refractivity contribution in [1.82, 2.24) is 15.2 Å². The van der Waals surface area contributed by atoms with Crippen LogP contribution in [0.2, 0.25) is 0 Å². The third kappa shape index (κ3) is 3.50. The molecule has 1 aliphatic heterocycles. The number of hydrogen-bond acceptors (Lipinski definition) is 3. The normalized spacial score (nSPS) is 22.9. The summed E-state index contributed by atoms with van der Waals surface area (Å²) >= 11 is 0. The number of aromatic nitrogens is 1. The molecule has 0 radical (unpaired) electrons. The molecule has 0 saturated carbocycles. The smallest absolute Gasteiger partial charge is 0.141 e. The lowest BCUT2D eigenvalue weighted by Crippen LogP contribution is -2.43. The van der Waals surface area contributed by atoms with Crippen LogP contribution < -0.4 is 5.32 Å². The van der Waals surface area contributed by atoms with Crippen LogP contribution in [0.5, 0.6) is 0 Å². The predicted molar refractivity (Wildman–Crippen MR) is 70.9 cm³/mol. The number of nitrogens with one attached hydrogen (secondary N) is 1. The van der Waals surface area contributed by atoms with Gasteiger partial charge < -0.3 is 10.2 Å². The van der Waals surface area contributed by atoms with Crippen molar-refractivity contribution in [1.29, 1.82) is 0 Å². The van der Waals surface area contributed by atoms with Gasteiger partial charge in [0.1, 0.15) is 5.82 Å². The van der Waals surface area contributed by atoms with E-state index in [1.165, 1.54) is 32.0 Å². The Morgan fingerprint density at radius 1 is 1.50 bits per heavy atom. The number of likely N-dealkylation sites (N-methyl/N-ethyl adjacent to an activating group) is 1. The fourth-order valence-corrected chi connectivity index (χ4v) is 2.50. The molecule has 1 aromatic rings. The number of likely N-dealkylation sites (tertiary alicyclic amines) is 1. The monoisotopic (exact) mass is 251 g/mol. The number of pyridine rings is 1. The quantitative estimate of drug-likeness (QED) is 0.890. The molecular weight excluding hydrogens is 229 g/mol. The lowest BCUT2D eigenvalue weighted by Gasteiger charge is -2.33. The fourth-order valence-electron chi connectivity index (χ4n) is 2.50. The van der Waals surface area contributed by atoms with Crippen molar-refractivity contribution in [3.05, 3.63) is 29.8 Å². The topological polar surface area (TPSA) is 28.2 Å². The summed E-state index contributed by atoms with van der Waals surface area (Å²) < 4.78 is 13.1. The van der Waals surface area contributed by atoms with Gasteiger partial charge in [-0.1, -0.05) is 6.42 Å². The Labute approximate surface area is 108 Å². The molecule has 4 heteroatoms. The van der Waals surface area contributed by atoms with E-state index < -0.39 is 0 Å². The minimum atomic E-state index is -0.268. The molecule has 2 atom stereocenters. The zero-order valence-corrected chi connectivity index (χ0v) is 11.2. The molecule has 1 aliphatic rings. The third-order valence-electron chi connectivity index (χ3n) is 3.81. The Bertz CT molecular complexity index is 383. The van der Waals surface area contributed by atoms with Gasteiger partial charge in [-0.25, -0.2) is 4.39 Å². The maximum absolute atomic E-state index is 13.1. The van der Waals surface area contributed by atoms with Gasteiger partial charge in [0.05, 0.1) is 6.20 Å². The van der Waals surface area contributed by atoms with Gasteiger partial charge in [0.15, 0.2) is 0 Å². The first-order chi connectivity index (χ1) is 8.66. The summed E-state index contributed by atoms with van der Waals surface area (Å²) in [6.45, 7) is 4.19. The van der Waals surface area contributed by atoms with Crippen molar-refractivity contribution in [3.8, 4) is 0 Å². The number of hydrogen-bond donors (Lipinski definition) is 1. The van der Waals surface area contributed by atoms with Gasteiger partial charge in [0.25, 0.3) is 0 Å². The molecule has 3 nitrogen and oxygen atoms in total. The first kappa shape index (κ1) is 13.4. The van der Waals surface area contributed by atoms with Crippen molar-refractivity contribution in [2.45, 2.75) is 38.3 Å². The van der Waals surface area contributed by atoms with Crippen LogP contribution in [-0.4, -0.2) is 36.1 Å². The molecule has 2 rings (SSSR count). The van der Waals surface area contributed by atoms with Gasteiger partial charge in [0, 0.05) is 24.8 Å². The second kappa shape index (κ2) is 6.25. The van der Waals surface area contributed by atoms with E-state index >= 15 is 0 Å². The molecule has 18 heavy (non-hydrogen) atoms. The maximum Gasteiger partial charge on any atom is 0.141 e. The first-order valence-electron chi connectivity index (χ1n) is 6.71. The molecule has 0 bridgehead atoms. The second-order valence-electron chi connectivity index (χ2n) is 5.20. The van der Waals surface area contributed by atoms with Gasteiger partial charge >= 0.3 is 0 Å². The number of rotatable bonds is 4. The highest BCUT2D eigenvalue weighted by molar-refractivity contribution is 5.14. The standard InChI is InChI=1S/C14H22FN3/c1-11(12-7-13(15)9-16-8-12)17-10-14-5-3-4-6-18(14)2/h7-9,11,14,17H,3-6,10H2,1-2H3. The van der Waals surface area contributed by atoms with Crippen LogP contribution in [0, 0.1) is 5.82 Å². The van der Waals surface area contributed by atoms with E-state index in [9.17, 15) is 4.39 Å². The number of nitrogens with zero attached hydrogens (tertiary/aromatic N) is 2. The predicted octanol–water partition coefficient (Wildman–Crippen LogP) is 2.36. The molecule has 100 valence electrons. The summed E-state index contributed by atoms with van der Waals surface area (Å²) in [5, 5.41) is 3.48. The van der Waals surface area contributed by atoms with Crippen LogP contribution in [0.15, 0.2) is 18.5 Å². The molecule has 0 amide bonds. The van der Waals surface area contributed by atoms with Crippen LogP contribution in [0.1, 0.15) is 37.8 Å².